The number of rotatable bonds is 2. The smallest absolute Gasteiger partial charge is 0.315 e. The number of aromatic nitrogens is 2. The summed E-state index contributed by atoms with van der Waals surface area (Å²) in [5.74, 6) is -0.468. The monoisotopic (exact) mass is 196 g/mol. The zero-order valence-electron chi connectivity index (χ0n) is 7.02. The van der Waals surface area contributed by atoms with E-state index < -0.39 is 12.3 Å². The molecule has 3 nitrogen and oxygen atoms in total. The molecule has 2 aromatic rings. The van der Waals surface area contributed by atoms with Gasteiger partial charge in [-0.2, -0.15) is 13.8 Å². The highest BCUT2D eigenvalue weighted by molar-refractivity contribution is 5.53. The van der Waals surface area contributed by atoms with Gasteiger partial charge in [-0.05, 0) is 0 Å². The number of hydrogen-bond donors (Lipinski definition) is 0. The summed E-state index contributed by atoms with van der Waals surface area (Å²) in [7, 11) is 0. The van der Waals surface area contributed by atoms with E-state index in [1.54, 1.807) is 24.3 Å². The highest BCUT2D eigenvalue weighted by Crippen LogP contribution is 2.20. The van der Waals surface area contributed by atoms with Crippen molar-refractivity contribution in [2.24, 2.45) is 0 Å². The molecule has 0 bridgehead atoms. The van der Waals surface area contributed by atoms with Crippen LogP contribution in [0.25, 0.3) is 11.4 Å². The Morgan fingerprint density at radius 3 is 2.43 bits per heavy atom. The molecular weight excluding hydrogens is 190 g/mol. The average molecular weight is 196 g/mol. The molecule has 0 saturated heterocycles. The van der Waals surface area contributed by atoms with E-state index in [1.165, 1.54) is 0 Å². The van der Waals surface area contributed by atoms with E-state index in [2.05, 4.69) is 14.7 Å². The molecule has 0 radical (unpaired) electrons. The third-order valence-corrected chi connectivity index (χ3v) is 1.66. The SMILES string of the molecule is FC(F)c1nc(-c2ccccc2)no1. The molecule has 0 spiro atoms. The molecule has 2 rings (SSSR count). The molecule has 1 aromatic heterocycles. The van der Waals surface area contributed by atoms with Gasteiger partial charge in [-0.25, -0.2) is 0 Å². The molecule has 5 heteroatoms. The van der Waals surface area contributed by atoms with Gasteiger partial charge in [0.2, 0.25) is 5.82 Å². The second-order valence-corrected chi connectivity index (χ2v) is 2.62. The fourth-order valence-electron chi connectivity index (χ4n) is 1.03. The summed E-state index contributed by atoms with van der Waals surface area (Å²) in [6.45, 7) is 0. The minimum absolute atomic E-state index is 0.181. The van der Waals surface area contributed by atoms with E-state index in [0.29, 0.717) is 5.56 Å². The van der Waals surface area contributed by atoms with Crippen LogP contribution in [0, 0.1) is 0 Å². The van der Waals surface area contributed by atoms with Crippen LogP contribution in [0.1, 0.15) is 12.3 Å². The first-order valence-electron chi connectivity index (χ1n) is 3.94. The lowest BCUT2D eigenvalue weighted by molar-refractivity contribution is 0.106. The topological polar surface area (TPSA) is 38.9 Å². The first-order chi connectivity index (χ1) is 6.77. The molecule has 0 aliphatic heterocycles. The molecular formula is C9H6F2N2O. The lowest BCUT2D eigenvalue weighted by Crippen LogP contribution is -1.83. The fourth-order valence-corrected chi connectivity index (χ4v) is 1.03. The number of alkyl halides is 2. The highest BCUT2D eigenvalue weighted by atomic mass is 19.3. The zero-order valence-corrected chi connectivity index (χ0v) is 7.02. The number of hydrogen-bond acceptors (Lipinski definition) is 3. The number of nitrogens with zero attached hydrogens (tertiary/aromatic N) is 2. The molecule has 14 heavy (non-hydrogen) atoms. The van der Waals surface area contributed by atoms with Crippen LogP contribution in [-0.2, 0) is 0 Å². The van der Waals surface area contributed by atoms with E-state index in [9.17, 15) is 8.78 Å². The van der Waals surface area contributed by atoms with Crippen LogP contribution >= 0.6 is 0 Å². The third kappa shape index (κ3) is 1.61. The normalized spacial score (nSPS) is 10.8. The van der Waals surface area contributed by atoms with Crippen LogP contribution in [0.5, 0.6) is 0 Å². The van der Waals surface area contributed by atoms with Crippen molar-refractivity contribution in [3.05, 3.63) is 36.2 Å². The van der Waals surface area contributed by atoms with Crippen molar-refractivity contribution in [3.63, 3.8) is 0 Å². The minimum atomic E-state index is -2.72. The van der Waals surface area contributed by atoms with Crippen molar-refractivity contribution in [3.8, 4) is 11.4 Å². The van der Waals surface area contributed by atoms with Gasteiger partial charge in [0, 0.05) is 5.56 Å². The van der Waals surface area contributed by atoms with Gasteiger partial charge >= 0.3 is 6.43 Å². The summed E-state index contributed by atoms with van der Waals surface area (Å²) in [4.78, 5) is 3.55. The Labute approximate surface area is 78.4 Å². The van der Waals surface area contributed by atoms with Gasteiger partial charge in [-0.15, -0.1) is 0 Å². The fraction of sp³-hybridized carbons (Fsp3) is 0.111. The maximum absolute atomic E-state index is 12.1. The predicted octanol–water partition coefficient (Wildman–Crippen LogP) is 2.67. The van der Waals surface area contributed by atoms with Crippen molar-refractivity contribution < 1.29 is 13.3 Å². The largest absolute Gasteiger partial charge is 0.333 e. The molecule has 0 saturated carbocycles. The van der Waals surface area contributed by atoms with Gasteiger partial charge in [0.25, 0.3) is 5.89 Å². The van der Waals surface area contributed by atoms with Gasteiger partial charge in [-0.3, -0.25) is 0 Å². The van der Waals surface area contributed by atoms with Crippen LogP contribution in [0.15, 0.2) is 34.9 Å². The summed E-state index contributed by atoms with van der Waals surface area (Å²) >= 11 is 0. The quantitative estimate of drug-likeness (QED) is 0.741. The highest BCUT2D eigenvalue weighted by Gasteiger charge is 2.16. The van der Waals surface area contributed by atoms with Crippen LogP contribution in [0.4, 0.5) is 8.78 Å². The molecule has 1 heterocycles. The Kier molecular flexibility index (Phi) is 2.22. The molecule has 0 unspecified atom stereocenters. The van der Waals surface area contributed by atoms with Crippen molar-refractivity contribution in [1.29, 1.82) is 0 Å². The number of halogens is 2. The average Bonchev–Trinajstić information content (AvgIpc) is 2.68. The molecule has 0 fully saturated rings. The van der Waals surface area contributed by atoms with Gasteiger partial charge in [0.05, 0.1) is 0 Å². The standard InChI is InChI=1S/C9H6F2N2O/c10-7(11)9-12-8(13-14-9)6-4-2-1-3-5-6/h1-5,7H. The first-order valence-corrected chi connectivity index (χ1v) is 3.94. The molecule has 1 aromatic carbocycles. The second-order valence-electron chi connectivity index (χ2n) is 2.62. The predicted molar refractivity (Wildman–Crippen MR) is 44.7 cm³/mol. The Bertz CT molecular complexity index is 414. The van der Waals surface area contributed by atoms with Crippen LogP contribution in [-0.4, -0.2) is 10.1 Å². The Morgan fingerprint density at radius 2 is 1.86 bits per heavy atom. The van der Waals surface area contributed by atoms with Crippen LogP contribution in [0.3, 0.4) is 0 Å². The molecule has 0 N–H and O–H groups in total. The van der Waals surface area contributed by atoms with E-state index in [-0.39, 0.29) is 5.82 Å². The summed E-state index contributed by atoms with van der Waals surface area (Å²) in [5, 5.41) is 3.44. The summed E-state index contributed by atoms with van der Waals surface area (Å²) < 4.78 is 28.6. The van der Waals surface area contributed by atoms with Crippen molar-refractivity contribution in [1.82, 2.24) is 10.1 Å². The van der Waals surface area contributed by atoms with E-state index >= 15 is 0 Å². The Hall–Kier alpha value is -1.78. The summed E-state index contributed by atoms with van der Waals surface area (Å²) in [5.41, 5.74) is 0.656. The maximum Gasteiger partial charge on any atom is 0.315 e. The van der Waals surface area contributed by atoms with Gasteiger partial charge in [-0.1, -0.05) is 35.5 Å². The summed E-state index contributed by atoms with van der Waals surface area (Å²) in [6.07, 6.45) is -2.72. The van der Waals surface area contributed by atoms with Crippen molar-refractivity contribution in [2.75, 3.05) is 0 Å². The lowest BCUT2D eigenvalue weighted by Gasteiger charge is -1.90. The van der Waals surface area contributed by atoms with E-state index in [1.807, 2.05) is 6.07 Å². The number of benzene rings is 1. The Morgan fingerprint density at radius 1 is 1.14 bits per heavy atom. The third-order valence-electron chi connectivity index (χ3n) is 1.66. The molecule has 0 amide bonds. The molecule has 0 aliphatic rings. The van der Waals surface area contributed by atoms with E-state index in [0.717, 1.165) is 0 Å². The molecule has 0 aliphatic carbocycles. The van der Waals surface area contributed by atoms with Crippen LogP contribution < -0.4 is 0 Å². The van der Waals surface area contributed by atoms with Crippen molar-refractivity contribution in [2.45, 2.75) is 6.43 Å². The van der Waals surface area contributed by atoms with Gasteiger partial charge in [0.1, 0.15) is 0 Å². The summed E-state index contributed by atoms with van der Waals surface area (Å²) in [6, 6.07) is 8.80. The second kappa shape index (κ2) is 3.53. The van der Waals surface area contributed by atoms with Crippen LogP contribution in [0.2, 0.25) is 0 Å². The van der Waals surface area contributed by atoms with Crippen molar-refractivity contribution >= 4 is 0 Å². The lowest BCUT2D eigenvalue weighted by atomic mass is 10.2. The zero-order chi connectivity index (χ0) is 9.97. The van der Waals surface area contributed by atoms with Gasteiger partial charge < -0.3 is 4.52 Å². The molecule has 0 atom stereocenters. The van der Waals surface area contributed by atoms with E-state index in [4.69, 9.17) is 0 Å². The maximum atomic E-state index is 12.1. The Balaban J connectivity index is 2.34. The van der Waals surface area contributed by atoms with Gasteiger partial charge in [0.15, 0.2) is 0 Å². The minimum Gasteiger partial charge on any atom is -0.333 e. The first kappa shape index (κ1) is 8.80. The molecule has 72 valence electrons.